The van der Waals surface area contributed by atoms with Gasteiger partial charge in [-0.3, -0.25) is 0 Å². The van der Waals surface area contributed by atoms with E-state index in [1.165, 1.54) is 37.7 Å². The molecule has 0 saturated heterocycles. The number of rotatable bonds is 13. The highest BCUT2D eigenvalue weighted by atomic mass is 16.5. The summed E-state index contributed by atoms with van der Waals surface area (Å²) in [5.74, 6) is 2.58. The summed E-state index contributed by atoms with van der Waals surface area (Å²) in [5.41, 5.74) is 1.34. The summed E-state index contributed by atoms with van der Waals surface area (Å²) in [5, 5.41) is 0. The number of hydrogen-bond acceptors (Lipinski definition) is 3. The lowest BCUT2D eigenvalue weighted by Gasteiger charge is -2.32. The molecule has 3 heteroatoms. The van der Waals surface area contributed by atoms with Gasteiger partial charge in [0.05, 0.1) is 24.9 Å². The van der Waals surface area contributed by atoms with Crippen LogP contribution in [0.15, 0.2) is 24.3 Å². The van der Waals surface area contributed by atoms with Crippen LogP contribution in [0.3, 0.4) is 0 Å². The number of benzene rings is 1. The van der Waals surface area contributed by atoms with Crippen molar-refractivity contribution in [3.8, 4) is 5.75 Å². The Morgan fingerprint density at radius 3 is 2.07 bits per heavy atom. The Kier molecular flexibility index (Phi) is 11.2. The molecule has 0 heterocycles. The first-order valence-electron chi connectivity index (χ1n) is 12.3. The van der Waals surface area contributed by atoms with E-state index in [1.54, 1.807) is 0 Å². The largest absolute Gasteiger partial charge is 0.491 e. The Morgan fingerprint density at radius 2 is 1.50 bits per heavy atom. The predicted octanol–water partition coefficient (Wildman–Crippen LogP) is 7.38. The lowest BCUT2D eigenvalue weighted by atomic mass is 9.94. The molecule has 2 unspecified atom stereocenters. The van der Waals surface area contributed by atoms with Crippen molar-refractivity contribution in [1.82, 2.24) is 0 Å². The van der Waals surface area contributed by atoms with Gasteiger partial charge in [0, 0.05) is 6.42 Å². The maximum Gasteiger partial charge on any atom is 0.119 e. The molecule has 1 aromatic carbocycles. The molecule has 0 amide bonds. The standard InChI is InChI=1S/C27H46O3/c1-20(2)18-26(30-25-10-8-7-9-11-25)19-27(22(5)6)29-17-16-28-24-14-12-23(13-15-24)21(3)4/h12-15,20-22,25-27H,7-11,16-19H2,1-6H3. The summed E-state index contributed by atoms with van der Waals surface area (Å²) in [6.07, 6.45) is 9.51. The molecule has 172 valence electrons. The van der Waals surface area contributed by atoms with Gasteiger partial charge < -0.3 is 14.2 Å². The Morgan fingerprint density at radius 1 is 0.833 bits per heavy atom. The highest BCUT2D eigenvalue weighted by molar-refractivity contribution is 5.28. The average molecular weight is 419 g/mol. The molecular weight excluding hydrogens is 372 g/mol. The van der Waals surface area contributed by atoms with Gasteiger partial charge in [0.2, 0.25) is 0 Å². The first kappa shape index (κ1) is 25.2. The molecule has 0 spiro atoms. The molecule has 1 aliphatic carbocycles. The van der Waals surface area contributed by atoms with E-state index in [9.17, 15) is 0 Å². The SMILES string of the molecule is CC(C)CC(CC(OCCOc1ccc(C(C)C)cc1)C(C)C)OC1CCCCC1. The summed E-state index contributed by atoms with van der Waals surface area (Å²) in [6.45, 7) is 14.7. The van der Waals surface area contributed by atoms with Crippen LogP contribution in [0.1, 0.15) is 98.0 Å². The second-order valence-electron chi connectivity index (χ2n) is 10.1. The second-order valence-corrected chi connectivity index (χ2v) is 10.1. The van der Waals surface area contributed by atoms with Gasteiger partial charge >= 0.3 is 0 Å². The molecule has 0 bridgehead atoms. The van der Waals surface area contributed by atoms with Crippen LogP contribution in [-0.4, -0.2) is 31.5 Å². The highest BCUT2D eigenvalue weighted by Crippen LogP contribution is 2.27. The zero-order valence-corrected chi connectivity index (χ0v) is 20.4. The van der Waals surface area contributed by atoms with E-state index < -0.39 is 0 Å². The van der Waals surface area contributed by atoms with E-state index in [2.05, 4.69) is 65.8 Å². The Labute approximate surface area is 185 Å². The molecule has 0 aliphatic heterocycles. The molecule has 2 atom stereocenters. The van der Waals surface area contributed by atoms with Crippen LogP contribution in [0.5, 0.6) is 5.75 Å². The van der Waals surface area contributed by atoms with Crippen molar-refractivity contribution < 1.29 is 14.2 Å². The lowest BCUT2D eigenvalue weighted by molar-refractivity contribution is -0.0801. The third-order valence-electron chi connectivity index (χ3n) is 6.14. The van der Waals surface area contributed by atoms with Crippen molar-refractivity contribution >= 4 is 0 Å². The molecule has 1 fully saturated rings. The van der Waals surface area contributed by atoms with Crippen LogP contribution < -0.4 is 4.74 Å². The summed E-state index contributed by atoms with van der Waals surface area (Å²) in [4.78, 5) is 0. The van der Waals surface area contributed by atoms with Crippen molar-refractivity contribution in [1.29, 1.82) is 0 Å². The third-order valence-corrected chi connectivity index (χ3v) is 6.14. The molecule has 1 aliphatic rings. The van der Waals surface area contributed by atoms with Crippen LogP contribution in [0.4, 0.5) is 0 Å². The van der Waals surface area contributed by atoms with Crippen LogP contribution in [0.2, 0.25) is 0 Å². The zero-order chi connectivity index (χ0) is 21.9. The lowest BCUT2D eigenvalue weighted by Crippen LogP contribution is -2.32. The second kappa shape index (κ2) is 13.4. The van der Waals surface area contributed by atoms with Crippen LogP contribution in [0, 0.1) is 11.8 Å². The van der Waals surface area contributed by atoms with Gasteiger partial charge in [-0.05, 0) is 54.7 Å². The molecule has 2 rings (SSSR count). The Bertz CT molecular complexity index is 558. The first-order valence-corrected chi connectivity index (χ1v) is 12.3. The van der Waals surface area contributed by atoms with E-state index in [-0.39, 0.29) is 6.10 Å². The van der Waals surface area contributed by atoms with Gasteiger partial charge in [-0.2, -0.15) is 0 Å². The van der Waals surface area contributed by atoms with Crippen molar-refractivity contribution in [2.45, 2.75) is 111 Å². The predicted molar refractivity (Wildman–Crippen MR) is 126 cm³/mol. The minimum absolute atomic E-state index is 0.212. The van der Waals surface area contributed by atoms with Crippen molar-refractivity contribution in [3.05, 3.63) is 29.8 Å². The molecule has 0 aromatic heterocycles. The fourth-order valence-corrected chi connectivity index (χ4v) is 4.31. The van der Waals surface area contributed by atoms with E-state index in [1.807, 2.05) is 0 Å². The first-order chi connectivity index (χ1) is 14.3. The highest BCUT2D eigenvalue weighted by Gasteiger charge is 2.25. The molecule has 0 N–H and O–H groups in total. The smallest absolute Gasteiger partial charge is 0.119 e. The topological polar surface area (TPSA) is 27.7 Å². The third kappa shape index (κ3) is 9.39. The molecule has 1 aromatic rings. The summed E-state index contributed by atoms with van der Waals surface area (Å²) in [6, 6.07) is 8.42. The molecule has 0 radical (unpaired) electrons. The molecular formula is C27H46O3. The van der Waals surface area contributed by atoms with Gasteiger partial charge in [-0.1, -0.05) is 72.9 Å². The van der Waals surface area contributed by atoms with Crippen molar-refractivity contribution in [3.63, 3.8) is 0 Å². The van der Waals surface area contributed by atoms with Crippen LogP contribution in [-0.2, 0) is 9.47 Å². The Hall–Kier alpha value is -1.06. The fraction of sp³-hybridized carbons (Fsp3) is 0.778. The van der Waals surface area contributed by atoms with E-state index >= 15 is 0 Å². The minimum Gasteiger partial charge on any atom is -0.491 e. The van der Waals surface area contributed by atoms with Crippen LogP contribution in [0.25, 0.3) is 0 Å². The van der Waals surface area contributed by atoms with Gasteiger partial charge in [0.15, 0.2) is 0 Å². The van der Waals surface area contributed by atoms with Gasteiger partial charge in [-0.15, -0.1) is 0 Å². The van der Waals surface area contributed by atoms with Crippen molar-refractivity contribution in [2.75, 3.05) is 13.2 Å². The molecule has 30 heavy (non-hydrogen) atoms. The van der Waals surface area contributed by atoms with Gasteiger partial charge in [0.25, 0.3) is 0 Å². The maximum atomic E-state index is 6.58. The average Bonchev–Trinajstić information content (AvgIpc) is 2.70. The monoisotopic (exact) mass is 418 g/mol. The zero-order valence-electron chi connectivity index (χ0n) is 20.4. The Balaban J connectivity index is 1.80. The summed E-state index contributed by atoms with van der Waals surface area (Å²) in [7, 11) is 0. The van der Waals surface area contributed by atoms with E-state index in [0.717, 1.165) is 18.6 Å². The van der Waals surface area contributed by atoms with E-state index in [4.69, 9.17) is 14.2 Å². The van der Waals surface area contributed by atoms with Crippen LogP contribution >= 0.6 is 0 Å². The van der Waals surface area contributed by atoms with E-state index in [0.29, 0.717) is 43.2 Å². The van der Waals surface area contributed by atoms with Gasteiger partial charge in [-0.25, -0.2) is 0 Å². The molecule has 3 nitrogen and oxygen atoms in total. The van der Waals surface area contributed by atoms with Crippen molar-refractivity contribution in [2.24, 2.45) is 11.8 Å². The minimum atomic E-state index is 0.212. The summed E-state index contributed by atoms with van der Waals surface area (Å²) < 4.78 is 18.8. The quantitative estimate of drug-likeness (QED) is 0.313. The normalized spacial score (nSPS) is 17.6. The fourth-order valence-electron chi connectivity index (χ4n) is 4.31. The maximum absolute atomic E-state index is 6.58. The molecule has 1 saturated carbocycles. The number of ether oxygens (including phenoxy) is 3. The number of hydrogen-bond donors (Lipinski definition) is 0. The summed E-state index contributed by atoms with van der Waals surface area (Å²) >= 11 is 0. The van der Waals surface area contributed by atoms with Gasteiger partial charge in [0.1, 0.15) is 12.4 Å².